The lowest BCUT2D eigenvalue weighted by atomic mass is 10.2. The van der Waals surface area contributed by atoms with Crippen molar-refractivity contribution in [2.24, 2.45) is 0 Å². The third kappa shape index (κ3) is 4.42. The van der Waals surface area contributed by atoms with Gasteiger partial charge in [0.05, 0.1) is 25.4 Å². The van der Waals surface area contributed by atoms with Gasteiger partial charge in [-0.25, -0.2) is 0 Å². The molecule has 26 heavy (non-hydrogen) atoms. The summed E-state index contributed by atoms with van der Waals surface area (Å²) in [6, 6.07) is 6.07. The van der Waals surface area contributed by atoms with Crippen LogP contribution < -0.4 is 14.4 Å². The summed E-state index contributed by atoms with van der Waals surface area (Å²) in [5.41, 5.74) is 1.07. The van der Waals surface area contributed by atoms with Gasteiger partial charge in [0.1, 0.15) is 6.61 Å². The molecule has 0 radical (unpaired) electrons. The molecule has 2 saturated heterocycles. The zero-order chi connectivity index (χ0) is 17.6. The quantitative estimate of drug-likeness (QED) is 0.773. The van der Waals surface area contributed by atoms with Crippen LogP contribution >= 0.6 is 0 Å². The number of anilines is 1. The van der Waals surface area contributed by atoms with Gasteiger partial charge in [0, 0.05) is 19.6 Å². The fraction of sp³-hybridized carbons (Fsp3) is 0.700. The fourth-order valence-electron chi connectivity index (χ4n) is 3.68. The SMILES string of the molecule is c1cc(OC2CCCCO2)c2c(c1)N(CCOC1CCCCO1)CCO2. The van der Waals surface area contributed by atoms with E-state index in [0.29, 0.717) is 13.2 Å². The Hall–Kier alpha value is -1.50. The molecule has 4 rings (SSSR count). The maximum Gasteiger partial charge on any atom is 0.200 e. The summed E-state index contributed by atoms with van der Waals surface area (Å²) in [5.74, 6) is 1.59. The Kier molecular flexibility index (Phi) is 6.14. The first-order valence-corrected chi connectivity index (χ1v) is 9.92. The molecular formula is C20H29NO5. The minimum Gasteiger partial charge on any atom is -0.486 e. The summed E-state index contributed by atoms with van der Waals surface area (Å²) < 4.78 is 29.3. The topological polar surface area (TPSA) is 49.4 Å². The number of nitrogens with zero attached hydrogens (tertiary/aromatic N) is 1. The molecule has 3 aliphatic rings. The first kappa shape index (κ1) is 17.9. The maximum absolute atomic E-state index is 6.08. The third-order valence-electron chi connectivity index (χ3n) is 5.11. The van der Waals surface area contributed by atoms with Gasteiger partial charge in [0.15, 0.2) is 24.1 Å². The molecule has 0 aliphatic carbocycles. The van der Waals surface area contributed by atoms with Crippen molar-refractivity contribution in [3.8, 4) is 11.5 Å². The molecule has 2 atom stereocenters. The van der Waals surface area contributed by atoms with E-state index in [1.54, 1.807) is 0 Å². The van der Waals surface area contributed by atoms with Gasteiger partial charge >= 0.3 is 0 Å². The highest BCUT2D eigenvalue weighted by atomic mass is 16.7. The Labute approximate surface area is 155 Å². The number of fused-ring (bicyclic) bond motifs is 1. The van der Waals surface area contributed by atoms with Gasteiger partial charge in [-0.05, 0) is 44.2 Å². The summed E-state index contributed by atoms with van der Waals surface area (Å²) in [5, 5.41) is 0. The van der Waals surface area contributed by atoms with Crippen LogP contribution in [0.3, 0.4) is 0 Å². The first-order valence-electron chi connectivity index (χ1n) is 9.92. The number of hydrogen-bond donors (Lipinski definition) is 0. The molecule has 1 aromatic rings. The summed E-state index contributed by atoms with van der Waals surface area (Å²) in [4.78, 5) is 2.30. The van der Waals surface area contributed by atoms with Crippen LogP contribution in [0.4, 0.5) is 5.69 Å². The summed E-state index contributed by atoms with van der Waals surface area (Å²) in [6.07, 6.45) is 6.32. The molecule has 6 nitrogen and oxygen atoms in total. The molecule has 2 unspecified atom stereocenters. The van der Waals surface area contributed by atoms with Gasteiger partial charge in [-0.2, -0.15) is 0 Å². The number of ether oxygens (including phenoxy) is 5. The molecule has 6 heteroatoms. The zero-order valence-corrected chi connectivity index (χ0v) is 15.4. The van der Waals surface area contributed by atoms with Crippen molar-refractivity contribution in [1.82, 2.24) is 0 Å². The van der Waals surface area contributed by atoms with Gasteiger partial charge in [-0.3, -0.25) is 0 Å². The molecule has 0 N–H and O–H groups in total. The van der Waals surface area contributed by atoms with E-state index >= 15 is 0 Å². The minimum absolute atomic E-state index is 0.0395. The second kappa shape index (κ2) is 8.93. The van der Waals surface area contributed by atoms with E-state index in [4.69, 9.17) is 23.7 Å². The Morgan fingerprint density at radius 3 is 2.54 bits per heavy atom. The van der Waals surface area contributed by atoms with Crippen LogP contribution in [0.5, 0.6) is 11.5 Å². The summed E-state index contributed by atoms with van der Waals surface area (Å²) in [6.45, 7) is 4.56. The molecule has 0 saturated carbocycles. The van der Waals surface area contributed by atoms with Gasteiger partial charge in [-0.15, -0.1) is 0 Å². The zero-order valence-electron chi connectivity index (χ0n) is 15.4. The molecule has 0 aromatic heterocycles. The Bertz CT molecular complexity index is 569. The van der Waals surface area contributed by atoms with E-state index in [9.17, 15) is 0 Å². The average molecular weight is 363 g/mol. The lowest BCUT2D eigenvalue weighted by molar-refractivity contribution is -0.160. The monoisotopic (exact) mass is 363 g/mol. The Morgan fingerprint density at radius 1 is 0.962 bits per heavy atom. The van der Waals surface area contributed by atoms with Crippen molar-refractivity contribution < 1.29 is 23.7 Å². The van der Waals surface area contributed by atoms with Crippen molar-refractivity contribution >= 4 is 5.69 Å². The summed E-state index contributed by atoms with van der Waals surface area (Å²) >= 11 is 0. The van der Waals surface area contributed by atoms with Gasteiger partial charge in [-0.1, -0.05) is 6.07 Å². The van der Waals surface area contributed by atoms with Gasteiger partial charge in [0.25, 0.3) is 0 Å². The van der Waals surface area contributed by atoms with E-state index < -0.39 is 0 Å². The molecule has 3 heterocycles. The molecule has 1 aromatic carbocycles. The normalized spacial score (nSPS) is 26.1. The van der Waals surface area contributed by atoms with Gasteiger partial charge < -0.3 is 28.6 Å². The highest BCUT2D eigenvalue weighted by Gasteiger charge is 2.24. The van der Waals surface area contributed by atoms with Gasteiger partial charge in [0.2, 0.25) is 0 Å². The highest BCUT2D eigenvalue weighted by molar-refractivity contribution is 5.66. The van der Waals surface area contributed by atoms with Crippen molar-refractivity contribution in [3.05, 3.63) is 18.2 Å². The smallest absolute Gasteiger partial charge is 0.200 e. The number of benzene rings is 1. The molecular weight excluding hydrogens is 334 g/mol. The molecule has 2 fully saturated rings. The second-order valence-electron chi connectivity index (χ2n) is 7.02. The second-order valence-corrected chi connectivity index (χ2v) is 7.02. The van der Waals surface area contributed by atoms with Crippen LogP contribution in [-0.2, 0) is 14.2 Å². The van der Waals surface area contributed by atoms with Crippen molar-refractivity contribution in [1.29, 1.82) is 0 Å². The first-order chi connectivity index (χ1) is 12.9. The number of rotatable bonds is 6. The fourth-order valence-corrected chi connectivity index (χ4v) is 3.68. The van der Waals surface area contributed by atoms with E-state index in [2.05, 4.69) is 11.0 Å². The number of hydrogen-bond acceptors (Lipinski definition) is 6. The van der Waals surface area contributed by atoms with E-state index in [-0.39, 0.29) is 12.6 Å². The van der Waals surface area contributed by atoms with E-state index in [0.717, 1.165) is 75.6 Å². The predicted octanol–water partition coefficient (Wildman–Crippen LogP) is 3.33. The van der Waals surface area contributed by atoms with Crippen molar-refractivity contribution in [2.75, 3.05) is 44.4 Å². The predicted molar refractivity (Wildman–Crippen MR) is 97.9 cm³/mol. The molecule has 3 aliphatic heterocycles. The van der Waals surface area contributed by atoms with Crippen LogP contribution in [0.15, 0.2) is 18.2 Å². The largest absolute Gasteiger partial charge is 0.486 e. The van der Waals surface area contributed by atoms with Crippen LogP contribution in [-0.4, -0.2) is 52.1 Å². The Morgan fingerprint density at radius 2 is 1.77 bits per heavy atom. The lowest BCUT2D eigenvalue weighted by Gasteiger charge is -2.33. The maximum atomic E-state index is 6.08. The van der Waals surface area contributed by atoms with Crippen LogP contribution in [0, 0.1) is 0 Å². The Balaban J connectivity index is 1.36. The molecule has 0 spiro atoms. The molecule has 144 valence electrons. The molecule has 0 bridgehead atoms. The lowest BCUT2D eigenvalue weighted by Crippen LogP contribution is -2.36. The van der Waals surface area contributed by atoms with Crippen LogP contribution in [0.2, 0.25) is 0 Å². The third-order valence-corrected chi connectivity index (χ3v) is 5.11. The van der Waals surface area contributed by atoms with Crippen molar-refractivity contribution in [2.45, 2.75) is 51.1 Å². The van der Waals surface area contributed by atoms with E-state index in [1.807, 2.05) is 12.1 Å². The van der Waals surface area contributed by atoms with Crippen molar-refractivity contribution in [3.63, 3.8) is 0 Å². The average Bonchev–Trinajstić information content (AvgIpc) is 2.70. The standard InChI is InChI=1S/C20H29NO5/c1-3-12-22-18(8-1)24-14-10-21-11-15-25-20-16(21)6-5-7-17(20)26-19-9-2-4-13-23-19/h5-7,18-19H,1-4,8-15H2. The van der Waals surface area contributed by atoms with E-state index in [1.165, 1.54) is 6.42 Å². The van der Waals surface area contributed by atoms with Crippen LogP contribution in [0.1, 0.15) is 38.5 Å². The molecule has 0 amide bonds. The summed E-state index contributed by atoms with van der Waals surface area (Å²) in [7, 11) is 0. The highest BCUT2D eigenvalue weighted by Crippen LogP contribution is 2.40. The minimum atomic E-state index is -0.166. The van der Waals surface area contributed by atoms with Crippen LogP contribution in [0.25, 0.3) is 0 Å². The number of para-hydroxylation sites is 1.